The van der Waals surface area contributed by atoms with Crippen molar-refractivity contribution in [1.82, 2.24) is 25.5 Å². The van der Waals surface area contributed by atoms with Gasteiger partial charge < -0.3 is 15.6 Å². The molecule has 0 saturated heterocycles. The molecular formula is C24H32N6. The zero-order valence-electron chi connectivity index (χ0n) is 18.1. The largest absolute Gasteiger partial charge is 0.356 e. The monoisotopic (exact) mass is 404 g/mol. The summed E-state index contributed by atoms with van der Waals surface area (Å²) >= 11 is 0. The van der Waals surface area contributed by atoms with Gasteiger partial charge in [-0.15, -0.1) is 0 Å². The van der Waals surface area contributed by atoms with Crippen LogP contribution >= 0.6 is 0 Å². The maximum absolute atomic E-state index is 4.46. The Morgan fingerprint density at radius 2 is 1.77 bits per heavy atom. The van der Waals surface area contributed by atoms with Crippen LogP contribution in [0.1, 0.15) is 24.7 Å². The summed E-state index contributed by atoms with van der Waals surface area (Å²) in [4.78, 5) is 14.5. The van der Waals surface area contributed by atoms with Gasteiger partial charge in [-0.2, -0.15) is 0 Å². The van der Waals surface area contributed by atoms with Crippen LogP contribution in [0.5, 0.6) is 0 Å². The molecular weight excluding hydrogens is 372 g/mol. The predicted molar refractivity (Wildman–Crippen MR) is 124 cm³/mol. The first-order valence-corrected chi connectivity index (χ1v) is 10.4. The molecule has 158 valence electrons. The van der Waals surface area contributed by atoms with E-state index in [2.05, 4.69) is 86.9 Å². The van der Waals surface area contributed by atoms with Crippen LogP contribution in [0.25, 0.3) is 11.3 Å². The molecule has 30 heavy (non-hydrogen) atoms. The Kier molecular flexibility index (Phi) is 8.03. The van der Waals surface area contributed by atoms with E-state index >= 15 is 0 Å². The van der Waals surface area contributed by atoms with E-state index in [1.165, 1.54) is 5.56 Å². The Balaban J connectivity index is 1.40. The van der Waals surface area contributed by atoms with Crippen molar-refractivity contribution in [2.24, 2.45) is 4.99 Å². The molecule has 3 rings (SSSR count). The van der Waals surface area contributed by atoms with Crippen LogP contribution in [0, 0.1) is 0 Å². The summed E-state index contributed by atoms with van der Waals surface area (Å²) in [5.74, 6) is 1.67. The molecule has 3 aromatic rings. The van der Waals surface area contributed by atoms with Crippen LogP contribution < -0.4 is 10.6 Å². The van der Waals surface area contributed by atoms with Crippen LogP contribution in [0.15, 0.2) is 71.9 Å². The molecule has 0 amide bonds. The summed E-state index contributed by atoms with van der Waals surface area (Å²) in [6, 6.07) is 21.3. The molecule has 0 aliphatic rings. The Bertz CT molecular complexity index is 904. The highest BCUT2D eigenvalue weighted by Crippen LogP contribution is 2.15. The lowest BCUT2D eigenvalue weighted by molar-refractivity contribution is 0.238. The third-order valence-corrected chi connectivity index (χ3v) is 5.24. The van der Waals surface area contributed by atoms with Crippen LogP contribution in [0.2, 0.25) is 0 Å². The lowest BCUT2D eigenvalue weighted by Crippen LogP contribution is -2.39. The van der Waals surface area contributed by atoms with Crippen molar-refractivity contribution in [3.8, 4) is 11.3 Å². The van der Waals surface area contributed by atoms with Gasteiger partial charge in [-0.05, 0) is 31.5 Å². The van der Waals surface area contributed by atoms with Gasteiger partial charge in [-0.1, -0.05) is 60.7 Å². The minimum Gasteiger partial charge on any atom is -0.356 e. The molecule has 0 bridgehead atoms. The molecule has 2 aromatic carbocycles. The fraction of sp³-hybridized carbons (Fsp3) is 0.333. The van der Waals surface area contributed by atoms with Crippen LogP contribution in [0.3, 0.4) is 0 Å². The van der Waals surface area contributed by atoms with Crippen molar-refractivity contribution >= 4 is 5.96 Å². The molecule has 1 unspecified atom stereocenters. The smallest absolute Gasteiger partial charge is 0.191 e. The summed E-state index contributed by atoms with van der Waals surface area (Å²) < 4.78 is 0. The fourth-order valence-corrected chi connectivity index (χ4v) is 3.25. The van der Waals surface area contributed by atoms with Gasteiger partial charge in [0.1, 0.15) is 5.82 Å². The van der Waals surface area contributed by atoms with Gasteiger partial charge >= 0.3 is 0 Å². The second-order valence-corrected chi connectivity index (χ2v) is 7.50. The van der Waals surface area contributed by atoms with Crippen molar-refractivity contribution in [3.05, 3.63) is 78.2 Å². The van der Waals surface area contributed by atoms with Crippen molar-refractivity contribution in [3.63, 3.8) is 0 Å². The summed E-state index contributed by atoms with van der Waals surface area (Å²) in [7, 11) is 3.96. The number of aliphatic imine (C=N–C) groups is 1. The Morgan fingerprint density at radius 1 is 1.07 bits per heavy atom. The maximum Gasteiger partial charge on any atom is 0.191 e. The van der Waals surface area contributed by atoms with Crippen molar-refractivity contribution < 1.29 is 0 Å². The van der Waals surface area contributed by atoms with Crippen molar-refractivity contribution in [2.45, 2.75) is 32.5 Å². The average molecular weight is 405 g/mol. The molecule has 0 radical (unpaired) electrons. The van der Waals surface area contributed by atoms with Crippen LogP contribution in [-0.2, 0) is 13.1 Å². The van der Waals surface area contributed by atoms with E-state index < -0.39 is 0 Å². The number of benzene rings is 2. The molecule has 0 aliphatic carbocycles. The maximum atomic E-state index is 4.46. The number of nitrogens with zero attached hydrogens (tertiary/aromatic N) is 3. The van der Waals surface area contributed by atoms with Gasteiger partial charge in [0.05, 0.1) is 18.4 Å². The molecule has 1 atom stereocenters. The number of imidazole rings is 1. The minimum absolute atomic E-state index is 0.467. The van der Waals surface area contributed by atoms with E-state index in [1.807, 2.05) is 24.4 Å². The molecule has 0 aliphatic heterocycles. The van der Waals surface area contributed by atoms with Gasteiger partial charge in [-0.25, -0.2) is 4.98 Å². The number of guanidine groups is 1. The van der Waals surface area contributed by atoms with Gasteiger partial charge in [0.2, 0.25) is 0 Å². The average Bonchev–Trinajstić information content (AvgIpc) is 3.26. The fourth-order valence-electron chi connectivity index (χ4n) is 3.25. The summed E-state index contributed by atoms with van der Waals surface area (Å²) in [6.07, 6.45) is 2.90. The molecule has 0 spiro atoms. The van der Waals surface area contributed by atoms with E-state index in [0.29, 0.717) is 12.6 Å². The Labute approximate surface area is 179 Å². The first-order chi connectivity index (χ1) is 14.7. The number of aromatic amines is 1. The zero-order valence-corrected chi connectivity index (χ0v) is 18.1. The second-order valence-electron chi connectivity index (χ2n) is 7.50. The third kappa shape index (κ3) is 6.46. The predicted octanol–water partition coefficient (Wildman–Crippen LogP) is 3.65. The highest BCUT2D eigenvalue weighted by Gasteiger charge is 2.10. The zero-order chi connectivity index (χ0) is 21.2. The first-order valence-electron chi connectivity index (χ1n) is 10.4. The van der Waals surface area contributed by atoms with Crippen LogP contribution in [-0.4, -0.2) is 47.5 Å². The van der Waals surface area contributed by atoms with E-state index in [9.17, 15) is 0 Å². The van der Waals surface area contributed by atoms with Crippen LogP contribution in [0.4, 0.5) is 0 Å². The first kappa shape index (κ1) is 21.6. The van der Waals surface area contributed by atoms with Gasteiger partial charge in [0, 0.05) is 26.2 Å². The lowest BCUT2D eigenvalue weighted by atomic mass is 10.1. The second kappa shape index (κ2) is 11.2. The highest BCUT2D eigenvalue weighted by molar-refractivity contribution is 5.79. The third-order valence-electron chi connectivity index (χ3n) is 5.24. The number of rotatable bonds is 9. The quantitative estimate of drug-likeness (QED) is 0.376. The number of nitrogens with one attached hydrogen (secondary N) is 3. The highest BCUT2D eigenvalue weighted by atomic mass is 15.2. The summed E-state index contributed by atoms with van der Waals surface area (Å²) in [5.41, 5.74) is 3.49. The molecule has 0 fully saturated rings. The van der Waals surface area contributed by atoms with Crippen molar-refractivity contribution in [1.29, 1.82) is 0 Å². The molecule has 1 heterocycles. The molecule has 3 N–H and O–H groups in total. The van der Waals surface area contributed by atoms with E-state index in [-0.39, 0.29) is 0 Å². The van der Waals surface area contributed by atoms with E-state index in [0.717, 1.165) is 42.6 Å². The molecule has 1 aromatic heterocycles. The number of hydrogen-bond acceptors (Lipinski definition) is 3. The van der Waals surface area contributed by atoms with E-state index in [4.69, 9.17) is 0 Å². The topological polar surface area (TPSA) is 68.3 Å². The number of aromatic nitrogens is 2. The molecule has 6 heteroatoms. The molecule has 6 nitrogen and oxygen atoms in total. The number of hydrogen-bond donors (Lipinski definition) is 3. The van der Waals surface area contributed by atoms with Gasteiger partial charge in [0.15, 0.2) is 5.96 Å². The SMILES string of the molecule is CN=C(NCCC(C)N(C)Cc1ccccc1)NCc1ncc(-c2ccccc2)[nH]1. The van der Waals surface area contributed by atoms with Gasteiger partial charge in [0.25, 0.3) is 0 Å². The normalized spacial score (nSPS) is 12.7. The number of H-pyrrole nitrogens is 1. The Hall–Kier alpha value is -3.12. The van der Waals surface area contributed by atoms with Gasteiger partial charge in [-0.3, -0.25) is 9.89 Å². The molecule has 0 saturated carbocycles. The van der Waals surface area contributed by atoms with Crippen molar-refractivity contribution in [2.75, 3.05) is 20.6 Å². The Morgan fingerprint density at radius 3 is 2.47 bits per heavy atom. The lowest BCUT2D eigenvalue weighted by Gasteiger charge is -2.25. The standard InChI is InChI=1S/C24H32N6/c1-19(30(3)18-20-10-6-4-7-11-20)14-15-26-24(25-2)28-17-23-27-16-22(29-23)21-12-8-5-9-13-21/h4-13,16,19H,14-15,17-18H2,1-3H3,(H,27,29)(H2,25,26,28). The summed E-state index contributed by atoms with van der Waals surface area (Å²) in [6.45, 7) is 4.66. The summed E-state index contributed by atoms with van der Waals surface area (Å²) in [5, 5.41) is 6.72. The van der Waals surface area contributed by atoms with E-state index in [1.54, 1.807) is 7.05 Å². The minimum atomic E-state index is 0.467.